The third-order valence-electron chi connectivity index (χ3n) is 5.02. The van der Waals surface area contributed by atoms with Gasteiger partial charge in [-0.1, -0.05) is 6.07 Å². The number of carbonyl (C=O) groups is 1. The first kappa shape index (κ1) is 14.2. The zero-order valence-corrected chi connectivity index (χ0v) is 13.2. The molecule has 0 unspecified atom stereocenters. The van der Waals surface area contributed by atoms with Crippen molar-refractivity contribution >= 4 is 15.7 Å². The molecule has 1 aromatic rings. The van der Waals surface area contributed by atoms with E-state index < -0.39 is 9.84 Å². The Balaban J connectivity index is 1.49. The quantitative estimate of drug-likeness (QED) is 0.840. The van der Waals surface area contributed by atoms with Gasteiger partial charge in [-0.05, 0) is 43.2 Å². The Morgan fingerprint density at radius 2 is 2.05 bits per heavy atom. The lowest BCUT2D eigenvalue weighted by atomic mass is 10.1. The highest BCUT2D eigenvalue weighted by molar-refractivity contribution is 7.91. The Hall–Kier alpha value is -1.43. The molecule has 3 aliphatic rings. The number of sulfone groups is 1. The third kappa shape index (κ3) is 2.64. The van der Waals surface area contributed by atoms with Crippen molar-refractivity contribution in [2.24, 2.45) is 5.92 Å². The smallest absolute Gasteiger partial charge is 0.226 e. The highest BCUT2D eigenvalue weighted by Crippen LogP contribution is 2.50. The third-order valence-corrected chi connectivity index (χ3v) is 6.77. The zero-order chi connectivity index (χ0) is 15.3. The van der Waals surface area contributed by atoms with Gasteiger partial charge in [-0.15, -0.1) is 0 Å². The van der Waals surface area contributed by atoms with Crippen molar-refractivity contribution in [3.05, 3.63) is 30.1 Å². The Labute approximate surface area is 130 Å². The number of pyridine rings is 1. The van der Waals surface area contributed by atoms with Crippen molar-refractivity contribution in [3.63, 3.8) is 0 Å². The van der Waals surface area contributed by atoms with Crippen LogP contribution in [0.5, 0.6) is 0 Å². The van der Waals surface area contributed by atoms with E-state index in [1.165, 1.54) is 0 Å². The fraction of sp³-hybridized carbons (Fsp3) is 0.625. The first-order valence-corrected chi connectivity index (χ1v) is 9.80. The summed E-state index contributed by atoms with van der Waals surface area (Å²) in [5, 5.41) is 0. The van der Waals surface area contributed by atoms with Gasteiger partial charge in [0.15, 0.2) is 9.84 Å². The lowest BCUT2D eigenvalue weighted by molar-refractivity contribution is -0.135. The van der Waals surface area contributed by atoms with Crippen LogP contribution in [0.4, 0.5) is 0 Å². The number of carbonyl (C=O) groups excluding carboxylic acids is 1. The van der Waals surface area contributed by atoms with Gasteiger partial charge in [-0.3, -0.25) is 9.78 Å². The van der Waals surface area contributed by atoms with Crippen molar-refractivity contribution in [1.82, 2.24) is 9.88 Å². The predicted octanol–water partition coefficient (Wildman–Crippen LogP) is 1.36. The number of rotatable bonds is 4. The first-order chi connectivity index (χ1) is 10.6. The summed E-state index contributed by atoms with van der Waals surface area (Å²) in [4.78, 5) is 18.9. The van der Waals surface area contributed by atoms with Crippen LogP contribution in [0.15, 0.2) is 24.5 Å². The fourth-order valence-corrected chi connectivity index (χ4v) is 5.34. The average molecular weight is 320 g/mol. The molecule has 3 atom stereocenters. The minimum atomic E-state index is -2.95. The molecule has 2 aliphatic carbocycles. The van der Waals surface area contributed by atoms with Crippen molar-refractivity contribution in [2.75, 3.05) is 11.5 Å². The number of hydrogen-bond donors (Lipinski definition) is 0. The summed E-state index contributed by atoms with van der Waals surface area (Å²) in [7, 11) is -2.95. The molecule has 22 heavy (non-hydrogen) atoms. The van der Waals surface area contributed by atoms with Gasteiger partial charge in [0.25, 0.3) is 0 Å². The van der Waals surface area contributed by atoms with E-state index in [0.717, 1.165) is 24.8 Å². The van der Waals surface area contributed by atoms with Crippen LogP contribution in [0.1, 0.15) is 37.2 Å². The fourth-order valence-electron chi connectivity index (χ4n) is 3.63. The first-order valence-electron chi connectivity index (χ1n) is 7.98. The molecule has 0 N–H and O–H groups in total. The van der Waals surface area contributed by atoms with Gasteiger partial charge in [-0.2, -0.15) is 0 Å². The van der Waals surface area contributed by atoms with Crippen LogP contribution in [-0.2, 0) is 14.6 Å². The normalized spacial score (nSPS) is 32.6. The van der Waals surface area contributed by atoms with Crippen LogP contribution in [-0.4, -0.2) is 47.8 Å². The standard InChI is InChI=1S/C16H20N2O3S/c19-16(15-8-14(15)11-2-1-6-17-9-11)18(12-3-4-12)13-5-7-22(20,21)10-13/h1-2,6,9,12-15H,3-5,7-8,10H2/t13-,14+,15-/m1/s1. The second-order valence-corrected chi connectivity index (χ2v) is 9.00. The van der Waals surface area contributed by atoms with Crippen molar-refractivity contribution in [1.29, 1.82) is 0 Å². The maximum atomic E-state index is 12.9. The topological polar surface area (TPSA) is 67.3 Å². The van der Waals surface area contributed by atoms with E-state index in [4.69, 9.17) is 0 Å². The van der Waals surface area contributed by atoms with E-state index >= 15 is 0 Å². The summed E-state index contributed by atoms with van der Waals surface area (Å²) in [6.07, 6.45) is 7.09. The molecule has 0 radical (unpaired) electrons. The molecule has 3 fully saturated rings. The van der Waals surface area contributed by atoms with Gasteiger partial charge in [0.1, 0.15) is 0 Å². The monoisotopic (exact) mass is 320 g/mol. The number of hydrogen-bond acceptors (Lipinski definition) is 4. The van der Waals surface area contributed by atoms with Crippen LogP contribution in [0, 0.1) is 5.92 Å². The molecule has 2 saturated carbocycles. The van der Waals surface area contributed by atoms with Crippen LogP contribution in [0.2, 0.25) is 0 Å². The van der Waals surface area contributed by atoms with Crippen LogP contribution in [0.3, 0.4) is 0 Å². The van der Waals surface area contributed by atoms with E-state index in [9.17, 15) is 13.2 Å². The second-order valence-electron chi connectivity index (χ2n) is 6.77. The van der Waals surface area contributed by atoms with E-state index in [1.54, 1.807) is 6.20 Å². The molecular weight excluding hydrogens is 300 g/mol. The largest absolute Gasteiger partial charge is 0.335 e. The number of aromatic nitrogens is 1. The van der Waals surface area contributed by atoms with E-state index in [-0.39, 0.29) is 41.3 Å². The molecule has 0 spiro atoms. The van der Waals surface area contributed by atoms with Gasteiger partial charge in [0.2, 0.25) is 5.91 Å². The Morgan fingerprint density at radius 1 is 1.23 bits per heavy atom. The molecule has 1 amide bonds. The Bertz CT molecular complexity index is 685. The Morgan fingerprint density at radius 3 is 2.64 bits per heavy atom. The van der Waals surface area contributed by atoms with E-state index in [2.05, 4.69) is 4.98 Å². The van der Waals surface area contributed by atoms with E-state index in [0.29, 0.717) is 6.42 Å². The second kappa shape index (κ2) is 5.05. The van der Waals surface area contributed by atoms with Crippen LogP contribution >= 0.6 is 0 Å². The minimum absolute atomic E-state index is 0.0214. The van der Waals surface area contributed by atoms with Crippen molar-refractivity contribution in [3.8, 4) is 0 Å². The summed E-state index contributed by atoms with van der Waals surface area (Å²) in [6, 6.07) is 4.10. The molecule has 2 heterocycles. The van der Waals surface area contributed by atoms with Gasteiger partial charge >= 0.3 is 0 Å². The molecule has 1 saturated heterocycles. The van der Waals surface area contributed by atoms with Gasteiger partial charge in [0, 0.05) is 30.4 Å². The molecule has 6 heteroatoms. The summed E-state index contributed by atoms with van der Waals surface area (Å²) in [5.41, 5.74) is 1.12. The minimum Gasteiger partial charge on any atom is -0.335 e. The molecule has 1 aromatic heterocycles. The van der Waals surface area contributed by atoms with Gasteiger partial charge in [-0.25, -0.2) is 8.42 Å². The van der Waals surface area contributed by atoms with Crippen molar-refractivity contribution < 1.29 is 13.2 Å². The maximum absolute atomic E-state index is 12.9. The number of nitrogens with zero attached hydrogens (tertiary/aromatic N) is 2. The van der Waals surface area contributed by atoms with E-state index in [1.807, 2.05) is 23.2 Å². The number of amides is 1. The highest BCUT2D eigenvalue weighted by atomic mass is 32.2. The summed E-state index contributed by atoms with van der Waals surface area (Å²) < 4.78 is 23.5. The van der Waals surface area contributed by atoms with Crippen molar-refractivity contribution in [2.45, 2.75) is 43.7 Å². The average Bonchev–Trinajstić information content (AvgIpc) is 3.39. The summed E-state index contributed by atoms with van der Waals surface area (Å²) in [6.45, 7) is 0. The van der Waals surface area contributed by atoms with Gasteiger partial charge in [0.05, 0.1) is 11.5 Å². The zero-order valence-electron chi connectivity index (χ0n) is 12.4. The molecule has 0 aromatic carbocycles. The highest BCUT2D eigenvalue weighted by Gasteiger charge is 2.51. The van der Waals surface area contributed by atoms with Gasteiger partial charge < -0.3 is 4.90 Å². The molecule has 118 valence electrons. The maximum Gasteiger partial charge on any atom is 0.226 e. The molecule has 5 nitrogen and oxygen atoms in total. The lowest BCUT2D eigenvalue weighted by Gasteiger charge is -2.28. The summed E-state index contributed by atoms with van der Waals surface area (Å²) in [5.74, 6) is 0.830. The molecular formula is C16H20N2O3S. The molecule has 0 bridgehead atoms. The molecule has 1 aliphatic heterocycles. The SMILES string of the molecule is O=C([C@@H]1C[C@H]1c1cccnc1)N(C1CC1)[C@@H]1CCS(=O)(=O)C1. The van der Waals surface area contributed by atoms with Crippen LogP contribution in [0.25, 0.3) is 0 Å². The Kier molecular flexibility index (Phi) is 3.25. The predicted molar refractivity (Wildman–Crippen MR) is 82.0 cm³/mol. The molecule has 4 rings (SSSR count). The lowest BCUT2D eigenvalue weighted by Crippen LogP contribution is -2.43. The summed E-state index contributed by atoms with van der Waals surface area (Å²) >= 11 is 0. The van der Waals surface area contributed by atoms with Crippen LogP contribution < -0.4 is 0 Å².